The van der Waals surface area contributed by atoms with E-state index in [1.807, 2.05) is 6.08 Å². The summed E-state index contributed by atoms with van der Waals surface area (Å²) < 4.78 is 4.97. The van der Waals surface area contributed by atoms with E-state index in [9.17, 15) is 14.7 Å². The number of allylic oxidation sites excluding steroid dienone is 1. The normalized spacial score (nSPS) is 48.9. The van der Waals surface area contributed by atoms with Crippen molar-refractivity contribution in [2.75, 3.05) is 7.11 Å². The molecule has 4 heteroatoms. The van der Waals surface area contributed by atoms with Crippen molar-refractivity contribution in [2.45, 2.75) is 70.8 Å². The fourth-order valence-electron chi connectivity index (χ4n) is 7.08. The first kappa shape index (κ1) is 17.3. The second-order valence-corrected chi connectivity index (χ2v) is 9.32. The maximum absolute atomic E-state index is 12.4. The number of ketones is 1. The fraction of sp³-hybridized carbons (Fsp3) is 0.810. The molecule has 138 valence electrons. The predicted octanol–water partition coefficient (Wildman–Crippen LogP) is 3.42. The molecule has 0 bridgehead atoms. The maximum Gasteiger partial charge on any atom is 0.338 e. The largest absolute Gasteiger partial charge is 0.467 e. The summed E-state index contributed by atoms with van der Waals surface area (Å²) in [5.41, 5.74) is -0.237. The fourth-order valence-corrected chi connectivity index (χ4v) is 7.08. The summed E-state index contributed by atoms with van der Waals surface area (Å²) in [7, 11) is 1.38. The number of fused-ring (bicyclic) bond motifs is 5. The highest BCUT2D eigenvalue weighted by atomic mass is 16.5. The van der Waals surface area contributed by atoms with Gasteiger partial charge in [-0.1, -0.05) is 19.4 Å². The maximum atomic E-state index is 12.4. The third-order valence-electron chi connectivity index (χ3n) is 8.64. The number of rotatable bonds is 1. The number of methoxy groups -OCH3 is 1. The minimum absolute atomic E-state index is 0.129. The van der Waals surface area contributed by atoms with E-state index in [0.717, 1.165) is 38.5 Å². The molecule has 3 fully saturated rings. The van der Waals surface area contributed by atoms with Crippen molar-refractivity contribution in [3.8, 4) is 0 Å². The molecule has 0 radical (unpaired) electrons. The lowest BCUT2D eigenvalue weighted by Gasteiger charge is -2.58. The van der Waals surface area contributed by atoms with E-state index >= 15 is 0 Å². The summed E-state index contributed by atoms with van der Waals surface area (Å²) in [6, 6.07) is 0. The number of carbonyl (C=O) groups excluding carboxylic acids is 2. The van der Waals surface area contributed by atoms with Crippen LogP contribution >= 0.6 is 0 Å². The van der Waals surface area contributed by atoms with Crippen LogP contribution in [-0.4, -0.2) is 29.6 Å². The van der Waals surface area contributed by atoms with E-state index in [-0.39, 0.29) is 16.6 Å². The summed E-state index contributed by atoms with van der Waals surface area (Å²) in [6.45, 7) is 4.46. The van der Waals surface area contributed by atoms with Gasteiger partial charge in [-0.2, -0.15) is 0 Å². The number of hydrogen-bond donors (Lipinski definition) is 1. The number of esters is 1. The van der Waals surface area contributed by atoms with E-state index < -0.39 is 11.6 Å². The molecule has 0 aliphatic heterocycles. The topological polar surface area (TPSA) is 63.6 Å². The molecule has 1 N–H and O–H groups in total. The molecule has 0 spiro atoms. The Labute approximate surface area is 150 Å². The van der Waals surface area contributed by atoms with Crippen LogP contribution in [0.2, 0.25) is 0 Å². The Morgan fingerprint density at radius 2 is 1.84 bits per heavy atom. The molecule has 4 nitrogen and oxygen atoms in total. The van der Waals surface area contributed by atoms with Crippen LogP contribution in [0.3, 0.4) is 0 Å². The first-order valence-electron chi connectivity index (χ1n) is 9.81. The highest BCUT2D eigenvalue weighted by Gasteiger charge is 2.67. The second kappa shape index (κ2) is 5.42. The number of hydrogen-bond acceptors (Lipinski definition) is 4. The highest BCUT2D eigenvalue weighted by molar-refractivity contribution is 5.91. The smallest absolute Gasteiger partial charge is 0.338 e. The van der Waals surface area contributed by atoms with Crippen molar-refractivity contribution in [1.29, 1.82) is 0 Å². The summed E-state index contributed by atoms with van der Waals surface area (Å²) >= 11 is 0. The van der Waals surface area contributed by atoms with Crippen LogP contribution in [0, 0.1) is 28.6 Å². The third kappa shape index (κ3) is 2.09. The van der Waals surface area contributed by atoms with Crippen molar-refractivity contribution in [3.05, 3.63) is 11.6 Å². The van der Waals surface area contributed by atoms with Gasteiger partial charge in [-0.15, -0.1) is 0 Å². The van der Waals surface area contributed by atoms with Gasteiger partial charge >= 0.3 is 5.97 Å². The molecule has 4 rings (SSSR count). The van der Waals surface area contributed by atoms with Crippen molar-refractivity contribution >= 4 is 11.8 Å². The van der Waals surface area contributed by atoms with E-state index in [1.54, 1.807) is 0 Å². The third-order valence-corrected chi connectivity index (χ3v) is 8.64. The van der Waals surface area contributed by atoms with Crippen LogP contribution < -0.4 is 0 Å². The van der Waals surface area contributed by atoms with Gasteiger partial charge in [-0.05, 0) is 74.2 Å². The quantitative estimate of drug-likeness (QED) is 0.739. The van der Waals surface area contributed by atoms with E-state index in [1.165, 1.54) is 12.7 Å². The van der Waals surface area contributed by atoms with Gasteiger partial charge in [0, 0.05) is 11.8 Å². The van der Waals surface area contributed by atoms with Crippen molar-refractivity contribution in [1.82, 2.24) is 0 Å². The van der Waals surface area contributed by atoms with Gasteiger partial charge in [0.05, 0.1) is 7.11 Å². The zero-order valence-corrected chi connectivity index (χ0v) is 15.6. The molecule has 0 aromatic heterocycles. The minimum Gasteiger partial charge on any atom is -0.467 e. The average molecular weight is 346 g/mol. The molecule has 0 heterocycles. The lowest BCUT2D eigenvalue weighted by atomic mass is 9.46. The Bertz CT molecular complexity index is 652. The van der Waals surface area contributed by atoms with E-state index in [2.05, 4.69) is 13.8 Å². The number of ether oxygens (including phenoxy) is 1. The van der Waals surface area contributed by atoms with Gasteiger partial charge < -0.3 is 9.84 Å². The SMILES string of the molecule is COC(=O)[C@]1(O)CC[C@@H]2[C@H]3CCC4=CC(=O)CC[C@]4(C)[C@@H]3CC[C@]21C. The molecule has 6 atom stereocenters. The van der Waals surface area contributed by atoms with Crippen LogP contribution in [0.25, 0.3) is 0 Å². The summed E-state index contributed by atoms with van der Waals surface area (Å²) in [6.07, 6.45) is 8.93. The van der Waals surface area contributed by atoms with Crippen LogP contribution in [0.4, 0.5) is 0 Å². The standard InChI is InChI=1S/C21H30O4/c1-19-9-6-14(22)12-13(19)4-5-15-16(19)7-10-20(2)17(15)8-11-21(20,24)18(23)25-3/h12,15-17,24H,4-11H2,1-3H3/t15-,16+,17+,19-,20+,21+/m0/s1. The van der Waals surface area contributed by atoms with Crippen LogP contribution in [-0.2, 0) is 14.3 Å². The van der Waals surface area contributed by atoms with Crippen molar-refractivity contribution in [2.24, 2.45) is 28.6 Å². The van der Waals surface area contributed by atoms with Gasteiger partial charge in [0.1, 0.15) is 0 Å². The zero-order valence-electron chi connectivity index (χ0n) is 15.6. The zero-order chi connectivity index (χ0) is 18.0. The average Bonchev–Trinajstić information content (AvgIpc) is 2.87. The van der Waals surface area contributed by atoms with Gasteiger partial charge in [0.2, 0.25) is 0 Å². The Balaban J connectivity index is 1.68. The first-order chi connectivity index (χ1) is 11.8. The van der Waals surface area contributed by atoms with Crippen LogP contribution in [0.1, 0.15) is 65.2 Å². The lowest BCUT2D eigenvalue weighted by Crippen LogP contribution is -2.57. The molecule has 0 aromatic carbocycles. The molecular weight excluding hydrogens is 316 g/mol. The van der Waals surface area contributed by atoms with Crippen molar-refractivity contribution < 1.29 is 19.4 Å². The molecule has 0 amide bonds. The monoisotopic (exact) mass is 346 g/mol. The van der Waals surface area contributed by atoms with Crippen LogP contribution in [0.15, 0.2) is 11.6 Å². The molecule has 4 aliphatic rings. The lowest BCUT2D eigenvalue weighted by molar-refractivity contribution is -0.184. The molecule has 3 saturated carbocycles. The molecule has 25 heavy (non-hydrogen) atoms. The Kier molecular flexibility index (Phi) is 3.74. The predicted molar refractivity (Wildman–Crippen MR) is 93.7 cm³/mol. The van der Waals surface area contributed by atoms with Crippen LogP contribution in [0.5, 0.6) is 0 Å². The van der Waals surface area contributed by atoms with Gasteiger partial charge in [-0.25, -0.2) is 4.79 Å². The van der Waals surface area contributed by atoms with Gasteiger partial charge in [-0.3, -0.25) is 4.79 Å². The van der Waals surface area contributed by atoms with Gasteiger partial charge in [0.15, 0.2) is 11.4 Å². The molecule has 0 unspecified atom stereocenters. The summed E-state index contributed by atoms with van der Waals surface area (Å²) in [5, 5.41) is 11.2. The Hall–Kier alpha value is -1.16. The summed E-state index contributed by atoms with van der Waals surface area (Å²) in [4.78, 5) is 24.3. The van der Waals surface area contributed by atoms with Gasteiger partial charge in [0.25, 0.3) is 0 Å². The summed E-state index contributed by atoms with van der Waals surface area (Å²) in [5.74, 6) is 1.30. The second-order valence-electron chi connectivity index (χ2n) is 9.32. The number of carbonyl (C=O) groups is 2. The Morgan fingerprint density at radius 1 is 1.12 bits per heavy atom. The highest BCUT2D eigenvalue weighted by Crippen LogP contribution is 2.67. The molecule has 0 aromatic rings. The van der Waals surface area contributed by atoms with E-state index in [4.69, 9.17) is 4.74 Å². The Morgan fingerprint density at radius 3 is 2.56 bits per heavy atom. The number of aliphatic hydroxyl groups is 1. The first-order valence-corrected chi connectivity index (χ1v) is 9.81. The van der Waals surface area contributed by atoms with Crippen molar-refractivity contribution in [3.63, 3.8) is 0 Å². The molecule has 0 saturated heterocycles. The molecular formula is C21H30O4. The minimum atomic E-state index is -1.34. The molecule has 4 aliphatic carbocycles. The van der Waals surface area contributed by atoms with E-state index in [0.29, 0.717) is 30.6 Å².